The number of para-hydroxylation sites is 1. The third-order valence-corrected chi connectivity index (χ3v) is 3.21. The summed E-state index contributed by atoms with van der Waals surface area (Å²) in [6.45, 7) is 0. The minimum absolute atomic E-state index is 0.0580. The van der Waals surface area contributed by atoms with E-state index in [1.807, 2.05) is 0 Å². The summed E-state index contributed by atoms with van der Waals surface area (Å²) in [7, 11) is 0. The molecule has 0 aliphatic rings. The van der Waals surface area contributed by atoms with Crippen molar-refractivity contribution in [1.29, 1.82) is 0 Å². The minimum atomic E-state index is -0.0580. The molecule has 0 aliphatic heterocycles. The number of benzene rings is 2. The molecule has 2 aromatic rings. The van der Waals surface area contributed by atoms with Crippen LogP contribution in [0, 0.1) is 0 Å². The normalized spacial score (nSPS) is 10.3. The Morgan fingerprint density at radius 3 is 2.50 bits per heavy atom. The van der Waals surface area contributed by atoms with Crippen LogP contribution in [-0.2, 0) is 6.42 Å². The number of ketones is 1. The van der Waals surface area contributed by atoms with E-state index in [1.54, 1.807) is 42.5 Å². The van der Waals surface area contributed by atoms with Gasteiger partial charge in [-0.05, 0) is 29.8 Å². The molecule has 0 saturated heterocycles. The first-order valence-electron chi connectivity index (χ1n) is 5.39. The average molecular weight is 280 g/mol. The van der Waals surface area contributed by atoms with Gasteiger partial charge in [0, 0.05) is 27.7 Å². The topological polar surface area (TPSA) is 43.1 Å². The molecular weight excluding hydrogens is 269 g/mol. The van der Waals surface area contributed by atoms with Crippen molar-refractivity contribution in [3.8, 4) is 0 Å². The molecule has 0 spiro atoms. The van der Waals surface area contributed by atoms with E-state index in [0.29, 0.717) is 21.3 Å². The number of Topliss-reactive ketones (excluding diaryl/α,β-unsaturated/α-hetero) is 1. The van der Waals surface area contributed by atoms with Crippen LogP contribution in [0.25, 0.3) is 0 Å². The van der Waals surface area contributed by atoms with Gasteiger partial charge < -0.3 is 5.73 Å². The number of anilines is 1. The van der Waals surface area contributed by atoms with Gasteiger partial charge >= 0.3 is 0 Å². The number of rotatable bonds is 3. The monoisotopic (exact) mass is 279 g/mol. The molecule has 0 aromatic heterocycles. The number of hydrogen-bond donors (Lipinski definition) is 1. The molecule has 2 rings (SSSR count). The summed E-state index contributed by atoms with van der Waals surface area (Å²) in [5.74, 6) is -0.0580. The first-order chi connectivity index (χ1) is 8.58. The fraction of sp³-hybridized carbons (Fsp3) is 0.0714. The predicted molar refractivity (Wildman–Crippen MR) is 75.4 cm³/mol. The second-order valence-electron chi connectivity index (χ2n) is 3.92. The molecule has 2 nitrogen and oxygen atoms in total. The van der Waals surface area contributed by atoms with Crippen molar-refractivity contribution in [2.45, 2.75) is 6.42 Å². The van der Waals surface area contributed by atoms with Gasteiger partial charge in [0.1, 0.15) is 0 Å². The zero-order valence-corrected chi connectivity index (χ0v) is 11.0. The van der Waals surface area contributed by atoms with Gasteiger partial charge in [-0.3, -0.25) is 4.79 Å². The summed E-state index contributed by atoms with van der Waals surface area (Å²) in [5, 5.41) is 1.04. The van der Waals surface area contributed by atoms with E-state index in [9.17, 15) is 4.79 Å². The van der Waals surface area contributed by atoms with Crippen LogP contribution >= 0.6 is 23.2 Å². The zero-order chi connectivity index (χ0) is 13.1. The standard InChI is InChI=1S/C14H11Cl2NO/c15-10-6-5-9(12(16)8-10)7-14(18)11-3-1-2-4-13(11)17/h1-6,8H,7,17H2. The number of hydrogen-bond acceptors (Lipinski definition) is 2. The molecule has 0 amide bonds. The van der Waals surface area contributed by atoms with Crippen molar-refractivity contribution in [3.63, 3.8) is 0 Å². The van der Waals surface area contributed by atoms with E-state index >= 15 is 0 Å². The summed E-state index contributed by atoms with van der Waals surface area (Å²) < 4.78 is 0. The Morgan fingerprint density at radius 2 is 1.83 bits per heavy atom. The lowest BCUT2D eigenvalue weighted by Crippen LogP contribution is -2.07. The van der Waals surface area contributed by atoms with Crippen molar-refractivity contribution in [1.82, 2.24) is 0 Å². The lowest BCUT2D eigenvalue weighted by Gasteiger charge is -2.06. The summed E-state index contributed by atoms with van der Waals surface area (Å²) in [6, 6.07) is 12.1. The molecule has 0 aliphatic carbocycles. The van der Waals surface area contributed by atoms with Gasteiger partial charge in [0.15, 0.2) is 5.78 Å². The van der Waals surface area contributed by atoms with Crippen LogP contribution < -0.4 is 5.73 Å². The summed E-state index contributed by atoms with van der Waals surface area (Å²) in [6.07, 6.45) is 0.213. The molecule has 0 fully saturated rings. The van der Waals surface area contributed by atoms with Crippen molar-refractivity contribution in [3.05, 3.63) is 63.6 Å². The molecular formula is C14H11Cl2NO. The van der Waals surface area contributed by atoms with Gasteiger partial charge in [0.05, 0.1) is 0 Å². The lowest BCUT2D eigenvalue weighted by atomic mass is 10.0. The Kier molecular flexibility index (Phi) is 3.90. The van der Waals surface area contributed by atoms with E-state index < -0.39 is 0 Å². The molecule has 0 heterocycles. The van der Waals surface area contributed by atoms with Crippen molar-refractivity contribution in [2.75, 3.05) is 5.73 Å². The molecule has 0 atom stereocenters. The summed E-state index contributed by atoms with van der Waals surface area (Å²) in [5.41, 5.74) is 7.50. The highest BCUT2D eigenvalue weighted by Crippen LogP contribution is 2.23. The van der Waals surface area contributed by atoms with Gasteiger partial charge in [-0.25, -0.2) is 0 Å². The van der Waals surface area contributed by atoms with Crippen molar-refractivity contribution in [2.24, 2.45) is 0 Å². The van der Waals surface area contributed by atoms with Crippen LogP contribution in [0.3, 0.4) is 0 Å². The Morgan fingerprint density at radius 1 is 1.11 bits per heavy atom. The number of halogens is 2. The van der Waals surface area contributed by atoms with E-state index in [-0.39, 0.29) is 12.2 Å². The lowest BCUT2D eigenvalue weighted by molar-refractivity contribution is 0.0994. The Balaban J connectivity index is 2.24. The Hall–Kier alpha value is -1.51. The van der Waals surface area contributed by atoms with E-state index in [4.69, 9.17) is 28.9 Å². The van der Waals surface area contributed by atoms with Crippen LogP contribution in [0.4, 0.5) is 5.69 Å². The second-order valence-corrected chi connectivity index (χ2v) is 4.77. The zero-order valence-electron chi connectivity index (χ0n) is 9.49. The van der Waals surface area contributed by atoms with Gasteiger partial charge in [-0.15, -0.1) is 0 Å². The largest absolute Gasteiger partial charge is 0.398 e. The first-order valence-corrected chi connectivity index (χ1v) is 6.15. The van der Waals surface area contributed by atoms with Crippen LogP contribution in [0.15, 0.2) is 42.5 Å². The fourth-order valence-corrected chi connectivity index (χ4v) is 2.16. The Labute approximate surface area is 115 Å². The number of nitrogen functional groups attached to an aromatic ring is 1. The van der Waals surface area contributed by atoms with E-state index in [2.05, 4.69) is 0 Å². The second kappa shape index (κ2) is 5.42. The van der Waals surface area contributed by atoms with Gasteiger partial charge in [-0.2, -0.15) is 0 Å². The molecule has 2 N–H and O–H groups in total. The third-order valence-electron chi connectivity index (χ3n) is 2.63. The maximum absolute atomic E-state index is 12.1. The van der Waals surface area contributed by atoms with Crippen LogP contribution in [-0.4, -0.2) is 5.78 Å². The molecule has 18 heavy (non-hydrogen) atoms. The van der Waals surface area contributed by atoms with Crippen molar-refractivity contribution >= 4 is 34.7 Å². The molecule has 92 valence electrons. The molecule has 4 heteroatoms. The number of carbonyl (C=O) groups excluding carboxylic acids is 1. The quantitative estimate of drug-likeness (QED) is 0.682. The van der Waals surface area contributed by atoms with Gasteiger partial charge in [0.25, 0.3) is 0 Å². The van der Waals surface area contributed by atoms with Crippen LogP contribution in [0.2, 0.25) is 10.0 Å². The minimum Gasteiger partial charge on any atom is -0.398 e. The third kappa shape index (κ3) is 2.84. The van der Waals surface area contributed by atoms with E-state index in [0.717, 1.165) is 5.56 Å². The number of nitrogens with two attached hydrogens (primary N) is 1. The molecule has 0 unspecified atom stereocenters. The first kappa shape index (κ1) is 12.9. The highest BCUT2D eigenvalue weighted by Gasteiger charge is 2.12. The van der Waals surface area contributed by atoms with Gasteiger partial charge in [0.2, 0.25) is 0 Å². The van der Waals surface area contributed by atoms with Gasteiger partial charge in [-0.1, -0.05) is 41.4 Å². The molecule has 0 bridgehead atoms. The highest BCUT2D eigenvalue weighted by atomic mass is 35.5. The van der Waals surface area contributed by atoms with Crippen molar-refractivity contribution < 1.29 is 4.79 Å². The maximum atomic E-state index is 12.1. The smallest absolute Gasteiger partial charge is 0.169 e. The van der Waals surface area contributed by atoms with Crippen LogP contribution in [0.1, 0.15) is 15.9 Å². The Bertz CT molecular complexity index is 596. The SMILES string of the molecule is Nc1ccccc1C(=O)Cc1ccc(Cl)cc1Cl. The number of carbonyl (C=O) groups is 1. The maximum Gasteiger partial charge on any atom is 0.169 e. The molecule has 2 aromatic carbocycles. The average Bonchev–Trinajstić information content (AvgIpc) is 2.33. The summed E-state index contributed by atoms with van der Waals surface area (Å²) in [4.78, 5) is 12.1. The van der Waals surface area contributed by atoms with Crippen LogP contribution in [0.5, 0.6) is 0 Å². The molecule has 0 radical (unpaired) electrons. The predicted octanol–water partition coefficient (Wildman–Crippen LogP) is 4.00. The molecule has 0 saturated carbocycles. The van der Waals surface area contributed by atoms with E-state index in [1.165, 1.54) is 0 Å². The highest BCUT2D eigenvalue weighted by molar-refractivity contribution is 6.35. The summed E-state index contributed by atoms with van der Waals surface area (Å²) >= 11 is 11.8. The fourth-order valence-electron chi connectivity index (χ4n) is 1.68.